The topological polar surface area (TPSA) is 265 Å². The van der Waals surface area contributed by atoms with Crippen LogP contribution in [0.2, 0.25) is 0 Å². The number of rotatable bonds is 38. The molecule has 1 unspecified atom stereocenters. The fourth-order valence-corrected chi connectivity index (χ4v) is 10.4. The smallest absolute Gasteiger partial charge is 0.744 e. The van der Waals surface area contributed by atoms with Crippen LogP contribution in [0.3, 0.4) is 0 Å². The second-order valence-corrected chi connectivity index (χ2v) is 23.6. The minimum atomic E-state index is -4.90. The molecule has 1 saturated carbocycles. The summed E-state index contributed by atoms with van der Waals surface area (Å²) in [7, 11) is -6.02. The van der Waals surface area contributed by atoms with Gasteiger partial charge in [-0.15, -0.1) is 0 Å². The zero-order valence-corrected chi connectivity index (χ0v) is 51.9. The first-order valence-electron chi connectivity index (χ1n) is 27.2. The van der Waals surface area contributed by atoms with E-state index in [4.69, 9.17) is 47.0 Å². The number of methoxy groups -OCH3 is 2. The van der Waals surface area contributed by atoms with Crippen LogP contribution in [0.25, 0.3) is 17.4 Å². The summed E-state index contributed by atoms with van der Waals surface area (Å²) in [4.78, 5) is 38.3. The molecule has 4 aliphatic rings. The molecule has 0 radical (unpaired) electrons. The minimum absolute atomic E-state index is 0. The number of carbonyl (C=O) groups is 3. The number of ether oxygens (including phenoxy) is 9. The Morgan fingerprint density at radius 1 is 0.765 bits per heavy atom. The van der Waals surface area contributed by atoms with E-state index in [1.165, 1.54) is 12.1 Å². The van der Waals surface area contributed by atoms with Gasteiger partial charge < -0.3 is 56.5 Å². The third kappa shape index (κ3) is 23.0. The second kappa shape index (κ2) is 34.9. The molecular formula is C57H82N2NaO19S2+. The third-order valence-electron chi connectivity index (χ3n) is 13.6. The normalized spacial score (nSPS) is 16.5. The summed E-state index contributed by atoms with van der Waals surface area (Å²) in [6, 6.07) is 12.2. The van der Waals surface area contributed by atoms with Crippen molar-refractivity contribution in [3.05, 3.63) is 82.6 Å². The van der Waals surface area contributed by atoms with Crippen molar-refractivity contribution < 1.29 is 117 Å². The average molecular weight is 1190 g/mol. The van der Waals surface area contributed by atoms with Gasteiger partial charge >= 0.3 is 35.5 Å². The summed E-state index contributed by atoms with van der Waals surface area (Å²) in [6.07, 6.45) is 5.79. The van der Waals surface area contributed by atoms with Crippen LogP contribution in [0.5, 0.6) is 0 Å². The number of anilines is 1. The summed E-state index contributed by atoms with van der Waals surface area (Å²) in [5, 5.41) is 0.876. The molecular weight excluding hydrogens is 1100 g/mol. The summed E-state index contributed by atoms with van der Waals surface area (Å²) >= 11 is 0. The first-order valence-corrected chi connectivity index (χ1v) is 30.3. The van der Waals surface area contributed by atoms with Crippen molar-refractivity contribution in [3.63, 3.8) is 0 Å². The minimum Gasteiger partial charge on any atom is -0.744 e. The van der Waals surface area contributed by atoms with Crippen molar-refractivity contribution in [3.8, 4) is 11.3 Å². The fraction of sp³-hybridized carbons (Fsp3) is 0.614. The van der Waals surface area contributed by atoms with Crippen molar-refractivity contribution in [2.75, 3.05) is 137 Å². The summed E-state index contributed by atoms with van der Waals surface area (Å²) in [5.41, 5.74) is 2.29. The Balaban J connectivity index is 0.0000141. The van der Waals surface area contributed by atoms with Gasteiger partial charge in [-0.1, -0.05) is 33.3 Å². The Kier molecular flexibility index (Phi) is 30.0. The van der Waals surface area contributed by atoms with Gasteiger partial charge in [0.2, 0.25) is 11.5 Å². The number of unbranched alkanes of at least 4 members (excludes halogenated alkanes) is 2. The predicted octanol–water partition coefficient (Wildman–Crippen LogP) is 2.50. The van der Waals surface area contributed by atoms with Crippen LogP contribution in [0.1, 0.15) is 95.9 Å². The van der Waals surface area contributed by atoms with Gasteiger partial charge in [0, 0.05) is 68.5 Å². The average Bonchev–Trinajstić information content (AvgIpc) is 4.02. The van der Waals surface area contributed by atoms with Gasteiger partial charge in [-0.2, -0.15) is 8.42 Å². The summed E-state index contributed by atoms with van der Waals surface area (Å²) in [5.74, 6) is -0.864. The van der Waals surface area contributed by atoms with Gasteiger partial charge in [-0.05, 0) is 91.6 Å². The van der Waals surface area contributed by atoms with E-state index in [-0.39, 0.29) is 67.1 Å². The van der Waals surface area contributed by atoms with Crippen molar-refractivity contribution >= 4 is 49.5 Å². The molecule has 1 N–H and O–H groups in total. The summed E-state index contributed by atoms with van der Waals surface area (Å²) in [6.45, 7) is 15.9. The number of nitrogens with zero attached hydrogens (tertiary/aromatic N) is 2. The Hall–Kier alpha value is -3.76. The quantitative estimate of drug-likeness (QED) is 0.0216. The van der Waals surface area contributed by atoms with Crippen molar-refractivity contribution in [2.24, 2.45) is 0 Å². The maximum atomic E-state index is 12.6. The number of Topliss-reactive ketones (excluding diaryl/α,β-unsaturated/α-hetero) is 2. The van der Waals surface area contributed by atoms with E-state index < -0.39 is 59.9 Å². The van der Waals surface area contributed by atoms with Crippen LogP contribution in [0.4, 0.5) is 5.69 Å². The Labute approximate surface area is 499 Å². The number of ketones is 2. The van der Waals surface area contributed by atoms with Crippen molar-refractivity contribution in [2.45, 2.75) is 101 Å². The standard InChI is InChI=1S/C57H82N2O19S2.Na/c1-56(2,3)47-41-44(77-52-40-43(15-17-46(47)52)58(23-25-71-31-33-75-37-35-73-29-27-69-5)24-26-72-32-34-76-38-36-74-30-28-70-6)12-10-13-53-57(4,21-11-39-79(63,64)65)48-42-45(80(66,67)68)16-18-49(48)59(53)22-9-7-8-14-54(62)78-55-50(60)19-20-51(55)61;/h10,12-13,15-18,40-42,55H,7-9,11,14,19-39H2,1-6H3,(H-,63,64,65,66,67,68);/q;+1. The molecule has 0 aromatic heterocycles. The molecule has 1 aromatic rings. The Morgan fingerprint density at radius 3 is 1.85 bits per heavy atom. The first kappa shape index (κ1) is 69.7. The Morgan fingerprint density at radius 2 is 1.32 bits per heavy atom. The van der Waals surface area contributed by atoms with Crippen LogP contribution in [-0.2, 0) is 88.1 Å². The van der Waals surface area contributed by atoms with E-state index in [1.807, 2.05) is 42.2 Å². The zero-order chi connectivity index (χ0) is 58.2. The second-order valence-electron chi connectivity index (χ2n) is 20.7. The van der Waals surface area contributed by atoms with E-state index in [0.717, 1.165) is 16.5 Å². The molecule has 0 amide bonds. The number of fused-ring (bicyclic) bond motifs is 2. The van der Waals surface area contributed by atoms with Crippen LogP contribution >= 0.6 is 0 Å². The largest absolute Gasteiger partial charge is 1.00 e. The molecule has 2 aliphatic carbocycles. The number of hydrogen-bond donors (Lipinski definition) is 1. The molecule has 1 atom stereocenters. The van der Waals surface area contributed by atoms with Crippen LogP contribution < -0.4 is 44.4 Å². The van der Waals surface area contributed by atoms with E-state index in [9.17, 15) is 40.3 Å². The SMILES string of the molecule is COCCOCCOCCOCC[N+](CCOCCOCCOCCOC)=c1ccc2c(C(C)(C)C)cc(/C=C/C=C3/N(CCCCCC(=O)OC4C(=O)CCC4=O)c4ccc(S(=O)(=O)[O-])cc4C3(C)CCCS(=O)(=O)O)oc-2c1.[Na+]. The van der Waals surface area contributed by atoms with E-state index >= 15 is 0 Å². The molecule has 24 heteroatoms. The molecule has 1 fully saturated rings. The van der Waals surface area contributed by atoms with Crippen LogP contribution in [-0.4, -0.2) is 182 Å². The summed E-state index contributed by atoms with van der Waals surface area (Å²) < 4.78 is 129. The molecule has 5 rings (SSSR count). The van der Waals surface area contributed by atoms with Gasteiger partial charge in [0.05, 0.1) is 96.0 Å². The molecule has 21 nitrogen and oxygen atoms in total. The van der Waals surface area contributed by atoms with Gasteiger partial charge in [0.1, 0.15) is 34.9 Å². The number of benzene rings is 2. The van der Waals surface area contributed by atoms with Crippen molar-refractivity contribution in [1.29, 1.82) is 0 Å². The maximum Gasteiger partial charge on any atom is 1.00 e. The van der Waals surface area contributed by atoms with Crippen LogP contribution in [0.15, 0.2) is 69.6 Å². The zero-order valence-electron chi connectivity index (χ0n) is 48.2. The van der Waals surface area contributed by atoms with E-state index in [1.54, 1.807) is 26.4 Å². The van der Waals surface area contributed by atoms with Crippen LogP contribution in [0, 0.1) is 0 Å². The molecule has 0 saturated heterocycles. The van der Waals surface area contributed by atoms with E-state index in [0.29, 0.717) is 160 Å². The number of esters is 1. The Bertz CT molecular complexity index is 2770. The van der Waals surface area contributed by atoms with Gasteiger partial charge in [-0.3, -0.25) is 18.9 Å². The molecule has 0 spiro atoms. The molecule has 81 heavy (non-hydrogen) atoms. The molecule has 1 aromatic carbocycles. The fourth-order valence-electron chi connectivity index (χ4n) is 9.44. The van der Waals surface area contributed by atoms with Gasteiger partial charge in [0.25, 0.3) is 10.1 Å². The number of hydrogen-bond acceptors (Lipinski definition) is 19. The molecule has 2 heterocycles. The van der Waals surface area contributed by atoms with Crippen molar-refractivity contribution in [1.82, 2.24) is 4.58 Å². The molecule has 2 aliphatic heterocycles. The monoisotopic (exact) mass is 1190 g/mol. The van der Waals surface area contributed by atoms with E-state index in [2.05, 4.69) is 31.4 Å². The molecule has 446 valence electrons. The van der Waals surface area contributed by atoms with Gasteiger partial charge in [0.15, 0.2) is 24.7 Å². The predicted molar refractivity (Wildman–Crippen MR) is 297 cm³/mol. The maximum absolute atomic E-state index is 12.6. The number of carbonyl (C=O) groups excluding carboxylic acids is 3. The third-order valence-corrected chi connectivity index (χ3v) is 15.2. The number of allylic oxidation sites excluding steroid dienone is 3. The van der Waals surface area contributed by atoms with Gasteiger partial charge in [-0.25, -0.2) is 13.0 Å². The first-order chi connectivity index (χ1) is 38.2. The molecule has 0 bridgehead atoms.